The van der Waals surface area contributed by atoms with Gasteiger partial charge in [0.05, 0.1) is 48.7 Å². The van der Waals surface area contributed by atoms with Crippen LogP contribution in [-0.2, 0) is 32.0 Å². The molecule has 4 amide bonds. The number of hydrogen-bond acceptors (Lipinski definition) is 11. The third kappa shape index (κ3) is 8.79. The molecule has 2 heterocycles. The molecule has 0 saturated carbocycles. The van der Waals surface area contributed by atoms with Crippen LogP contribution in [0.3, 0.4) is 0 Å². The lowest BCUT2D eigenvalue weighted by Crippen LogP contribution is -2.31. The highest BCUT2D eigenvalue weighted by atomic mass is 31.2. The van der Waals surface area contributed by atoms with Crippen molar-refractivity contribution in [2.24, 2.45) is 0 Å². The molecular formula is C32H42N2O11P2. The maximum Gasteiger partial charge on any atom is 0.345 e. The number of fused-ring (bicyclic) bond motifs is 2. The van der Waals surface area contributed by atoms with Crippen LogP contribution >= 0.6 is 15.2 Å². The Balaban J connectivity index is 0.000000312. The largest absolute Gasteiger partial charge is 0.345 e. The van der Waals surface area contributed by atoms with Crippen molar-refractivity contribution in [2.45, 2.75) is 58.8 Å². The molecule has 0 bridgehead atoms. The quantitative estimate of drug-likeness (QED) is 0.0758. The fourth-order valence-corrected chi connectivity index (χ4v) is 10.7. The van der Waals surface area contributed by atoms with Crippen molar-refractivity contribution >= 4 is 45.1 Å². The number of carbonyl (C=O) groups is 5. The Morgan fingerprint density at radius 1 is 0.596 bits per heavy atom. The first kappa shape index (κ1) is 38.1. The standard InChI is InChI=1S/C20H31NO8P2.C12H11NO3/c1-5-26-30(24,27-6-2)18(31(25,28-7-3)29-8-4)14-11-15-21-19(22)16-12-9-10-13-17(16)20(21)23;14-8-4-3-7-13-11(15)9-5-1-2-6-10(9)12(13)16/h9-10,12-13,18H,5-8,11,14-15H2,1-4H3;1-2,5-6,8H,3-4,7H2. The predicted molar refractivity (Wildman–Crippen MR) is 174 cm³/mol. The van der Waals surface area contributed by atoms with Gasteiger partial charge in [0.2, 0.25) is 0 Å². The van der Waals surface area contributed by atoms with Crippen LogP contribution in [0.15, 0.2) is 48.5 Å². The molecule has 2 aliphatic rings. The zero-order chi connectivity index (χ0) is 34.6. The van der Waals surface area contributed by atoms with Crippen LogP contribution in [0.5, 0.6) is 0 Å². The number of rotatable bonds is 18. The highest BCUT2D eigenvalue weighted by Gasteiger charge is 2.50. The van der Waals surface area contributed by atoms with Gasteiger partial charge in [-0.15, -0.1) is 0 Å². The van der Waals surface area contributed by atoms with Crippen molar-refractivity contribution in [1.29, 1.82) is 0 Å². The maximum absolute atomic E-state index is 13.5. The van der Waals surface area contributed by atoms with E-state index in [1.165, 1.54) is 4.90 Å². The predicted octanol–water partition coefficient (Wildman–Crippen LogP) is 6.18. The summed E-state index contributed by atoms with van der Waals surface area (Å²) in [5, 5.41) is -1.17. The van der Waals surface area contributed by atoms with Crippen LogP contribution in [0.2, 0.25) is 0 Å². The minimum atomic E-state index is -3.86. The summed E-state index contributed by atoms with van der Waals surface area (Å²) >= 11 is 0. The van der Waals surface area contributed by atoms with Gasteiger partial charge in [-0.25, -0.2) is 0 Å². The number of hydrogen-bond donors (Lipinski definition) is 0. The molecule has 47 heavy (non-hydrogen) atoms. The average molecular weight is 693 g/mol. The van der Waals surface area contributed by atoms with Crippen molar-refractivity contribution in [1.82, 2.24) is 9.80 Å². The third-order valence-electron chi connectivity index (χ3n) is 7.27. The normalized spacial score (nSPS) is 14.4. The fourth-order valence-electron chi connectivity index (χ4n) is 5.28. The van der Waals surface area contributed by atoms with Crippen LogP contribution in [0, 0.1) is 0 Å². The monoisotopic (exact) mass is 692 g/mol. The van der Waals surface area contributed by atoms with Gasteiger partial charge in [0.25, 0.3) is 23.6 Å². The second kappa shape index (κ2) is 17.7. The van der Waals surface area contributed by atoms with E-state index in [9.17, 15) is 33.1 Å². The Bertz CT molecular complexity index is 1430. The molecule has 2 aromatic rings. The second-order valence-electron chi connectivity index (χ2n) is 10.3. The van der Waals surface area contributed by atoms with Crippen LogP contribution in [0.1, 0.15) is 94.8 Å². The maximum atomic E-state index is 13.5. The fraction of sp³-hybridized carbons (Fsp3) is 0.469. The van der Waals surface area contributed by atoms with Crippen LogP contribution in [-0.4, -0.2) is 84.6 Å². The van der Waals surface area contributed by atoms with E-state index in [1.54, 1.807) is 76.2 Å². The molecule has 0 aliphatic carbocycles. The van der Waals surface area contributed by atoms with Gasteiger partial charge in [-0.2, -0.15) is 0 Å². The van der Waals surface area contributed by atoms with E-state index < -0.39 is 20.6 Å². The van der Waals surface area contributed by atoms with Crippen molar-refractivity contribution in [3.63, 3.8) is 0 Å². The molecule has 0 unspecified atom stereocenters. The minimum Gasteiger partial charge on any atom is -0.308 e. The molecule has 0 fully saturated rings. The lowest BCUT2D eigenvalue weighted by Gasteiger charge is -2.31. The SMILES string of the molecule is CCOP(=O)(OCC)C(CCCN1C(=O)c2ccccc2C1=O)P(=O)(OCC)OCC.O=CCCCN1C(=O)c2ccccc2C1=O. The summed E-state index contributed by atoms with van der Waals surface area (Å²) in [6.07, 6.45) is 1.97. The van der Waals surface area contributed by atoms with Crippen LogP contribution in [0.25, 0.3) is 0 Å². The van der Waals surface area contributed by atoms with Crippen molar-refractivity contribution < 1.29 is 51.2 Å². The van der Waals surface area contributed by atoms with Gasteiger partial charge < -0.3 is 22.9 Å². The zero-order valence-corrected chi connectivity index (χ0v) is 28.9. The van der Waals surface area contributed by atoms with E-state index >= 15 is 0 Å². The number of imide groups is 2. The summed E-state index contributed by atoms with van der Waals surface area (Å²) in [5.74, 6) is -1.28. The molecular weight excluding hydrogens is 650 g/mol. The number of nitrogens with zero attached hydrogens (tertiary/aromatic N) is 2. The molecule has 0 saturated heterocycles. The number of amides is 4. The highest BCUT2D eigenvalue weighted by Crippen LogP contribution is 2.71. The Morgan fingerprint density at radius 3 is 1.21 bits per heavy atom. The van der Waals surface area contributed by atoms with Gasteiger partial charge >= 0.3 is 15.2 Å². The van der Waals surface area contributed by atoms with E-state index in [0.717, 1.165) is 11.2 Å². The third-order valence-corrected chi connectivity index (χ3v) is 13.4. The molecule has 0 N–H and O–H groups in total. The Morgan fingerprint density at radius 2 is 0.915 bits per heavy atom. The summed E-state index contributed by atoms with van der Waals surface area (Å²) in [7, 11) is -7.72. The van der Waals surface area contributed by atoms with E-state index in [1.807, 2.05) is 0 Å². The van der Waals surface area contributed by atoms with Gasteiger partial charge in [-0.1, -0.05) is 24.3 Å². The molecule has 13 nitrogen and oxygen atoms in total. The summed E-state index contributed by atoms with van der Waals surface area (Å²) in [5.41, 5.74) is 1.62. The summed E-state index contributed by atoms with van der Waals surface area (Å²) in [6.45, 7) is 7.37. The molecule has 2 aliphatic heterocycles. The first-order valence-corrected chi connectivity index (χ1v) is 18.9. The average Bonchev–Trinajstić information content (AvgIpc) is 3.44. The van der Waals surface area contributed by atoms with Gasteiger partial charge in [0, 0.05) is 19.5 Å². The smallest absolute Gasteiger partial charge is 0.308 e. The topological polar surface area (TPSA) is 163 Å². The van der Waals surface area contributed by atoms with Gasteiger partial charge in [-0.05, 0) is 71.2 Å². The molecule has 4 rings (SSSR count). The lowest BCUT2D eigenvalue weighted by molar-refractivity contribution is -0.108. The van der Waals surface area contributed by atoms with Crippen LogP contribution in [0.4, 0.5) is 0 Å². The first-order chi connectivity index (χ1) is 22.5. The van der Waals surface area contributed by atoms with Crippen molar-refractivity contribution in [2.75, 3.05) is 39.5 Å². The molecule has 256 valence electrons. The van der Waals surface area contributed by atoms with E-state index in [-0.39, 0.29) is 69.4 Å². The summed E-state index contributed by atoms with van der Waals surface area (Å²) in [6, 6.07) is 13.4. The lowest BCUT2D eigenvalue weighted by atomic mass is 10.1. The molecule has 0 radical (unpaired) electrons. The number of unbranched alkanes of at least 4 members (excludes halogenated alkanes) is 1. The Hall–Kier alpha value is -3.31. The van der Waals surface area contributed by atoms with E-state index in [0.29, 0.717) is 41.6 Å². The Labute approximate surface area is 274 Å². The zero-order valence-electron chi connectivity index (χ0n) is 27.1. The van der Waals surface area contributed by atoms with Crippen molar-refractivity contribution in [3.05, 3.63) is 70.8 Å². The molecule has 0 atom stereocenters. The van der Waals surface area contributed by atoms with Crippen molar-refractivity contribution in [3.8, 4) is 0 Å². The minimum absolute atomic E-state index is 0.0575. The van der Waals surface area contributed by atoms with Gasteiger partial charge in [0.1, 0.15) is 6.29 Å². The molecule has 0 aromatic heterocycles. The highest BCUT2D eigenvalue weighted by molar-refractivity contribution is 7.72. The molecule has 2 aromatic carbocycles. The number of benzene rings is 2. The summed E-state index contributed by atoms with van der Waals surface area (Å²) in [4.78, 5) is 61.3. The number of carbonyl (C=O) groups excluding carboxylic acids is 5. The van der Waals surface area contributed by atoms with Crippen LogP contribution < -0.4 is 0 Å². The molecule has 0 spiro atoms. The van der Waals surface area contributed by atoms with Gasteiger partial charge in [-0.3, -0.25) is 38.1 Å². The summed E-state index contributed by atoms with van der Waals surface area (Å²) < 4.78 is 48.8. The van der Waals surface area contributed by atoms with E-state index in [4.69, 9.17) is 18.1 Å². The van der Waals surface area contributed by atoms with Gasteiger partial charge in [0.15, 0.2) is 5.40 Å². The Kier molecular flexibility index (Phi) is 14.4. The molecule has 15 heteroatoms. The second-order valence-corrected chi connectivity index (χ2v) is 15.1. The van der Waals surface area contributed by atoms with E-state index in [2.05, 4.69) is 0 Å². The number of aldehydes is 1. The first-order valence-electron chi connectivity index (χ1n) is 15.6.